The van der Waals surface area contributed by atoms with Crippen molar-refractivity contribution >= 4 is 28.2 Å². The molecule has 2 aliphatic rings. The maximum atomic E-state index is 6.41. The Morgan fingerprint density at radius 1 is 1.23 bits per heavy atom. The molecule has 1 aromatic heterocycles. The third-order valence-electron chi connectivity index (χ3n) is 5.76. The minimum absolute atomic E-state index is 0.498. The maximum absolute atomic E-state index is 6.41. The fourth-order valence-corrected chi connectivity index (χ4v) is 4.50. The predicted octanol–water partition coefficient (Wildman–Crippen LogP) is 6.62. The number of allylic oxidation sites excluding steroid dienone is 4. The van der Waals surface area contributed by atoms with Crippen LogP contribution in [0, 0.1) is 12.8 Å². The second kappa shape index (κ2) is 7.44. The summed E-state index contributed by atoms with van der Waals surface area (Å²) in [5.74, 6) is 0.498. The number of halogens is 1. The lowest BCUT2D eigenvalue weighted by Gasteiger charge is -2.20. The topological polar surface area (TPSA) is 28.1 Å². The smallest absolute Gasteiger partial charge is 0.0459 e. The Bertz CT molecular complexity index is 914. The van der Waals surface area contributed by atoms with Crippen LogP contribution in [0.3, 0.4) is 0 Å². The number of benzene rings is 1. The lowest BCUT2D eigenvalue weighted by atomic mass is 9.86. The van der Waals surface area contributed by atoms with Gasteiger partial charge in [0, 0.05) is 45.4 Å². The molecule has 0 saturated carbocycles. The number of nitrogens with zero attached hydrogens (tertiary/aromatic N) is 1. The monoisotopic (exact) mass is 366 g/mol. The van der Waals surface area contributed by atoms with E-state index in [1.165, 1.54) is 52.0 Å². The molecule has 0 spiro atoms. The summed E-state index contributed by atoms with van der Waals surface area (Å²) in [5, 5.41) is 2.33. The number of fused-ring (bicyclic) bond motifs is 3. The third kappa shape index (κ3) is 3.53. The second-order valence-electron chi connectivity index (χ2n) is 7.64. The van der Waals surface area contributed by atoms with Gasteiger partial charge in [-0.25, -0.2) is 0 Å². The van der Waals surface area contributed by atoms with Gasteiger partial charge >= 0.3 is 0 Å². The van der Waals surface area contributed by atoms with E-state index in [1.807, 2.05) is 0 Å². The van der Waals surface area contributed by atoms with Gasteiger partial charge in [-0.3, -0.25) is 4.99 Å². The van der Waals surface area contributed by atoms with Crippen LogP contribution in [-0.2, 0) is 12.8 Å². The first-order valence-electron chi connectivity index (χ1n) is 9.87. The molecule has 2 nitrogen and oxygen atoms in total. The minimum Gasteiger partial charge on any atom is -0.358 e. The van der Waals surface area contributed by atoms with Crippen molar-refractivity contribution in [2.24, 2.45) is 10.9 Å². The molecule has 3 heteroatoms. The first-order valence-corrected chi connectivity index (χ1v) is 10.3. The average molecular weight is 367 g/mol. The minimum atomic E-state index is 0.498. The lowest BCUT2D eigenvalue weighted by molar-refractivity contribution is 0.532. The zero-order valence-corrected chi connectivity index (χ0v) is 16.5. The summed E-state index contributed by atoms with van der Waals surface area (Å²) in [6.07, 6.45) is 11.9. The van der Waals surface area contributed by atoms with Crippen molar-refractivity contribution in [3.8, 4) is 0 Å². The van der Waals surface area contributed by atoms with Gasteiger partial charge < -0.3 is 4.98 Å². The molecule has 1 atom stereocenters. The van der Waals surface area contributed by atoms with E-state index in [-0.39, 0.29) is 0 Å². The lowest BCUT2D eigenvalue weighted by Crippen LogP contribution is -2.17. The molecule has 0 radical (unpaired) electrons. The van der Waals surface area contributed by atoms with Crippen molar-refractivity contribution in [3.63, 3.8) is 0 Å². The molecule has 0 fully saturated rings. The van der Waals surface area contributed by atoms with Gasteiger partial charge in [0.15, 0.2) is 0 Å². The van der Waals surface area contributed by atoms with Gasteiger partial charge in [-0.1, -0.05) is 36.2 Å². The number of rotatable bonds is 2. The fraction of sp³-hybridized carbons (Fsp3) is 0.435. The van der Waals surface area contributed by atoms with E-state index in [9.17, 15) is 0 Å². The van der Waals surface area contributed by atoms with Crippen molar-refractivity contribution in [1.82, 2.24) is 4.98 Å². The van der Waals surface area contributed by atoms with Crippen molar-refractivity contribution in [2.75, 3.05) is 0 Å². The molecular formula is C23H27ClN2. The zero-order chi connectivity index (χ0) is 18.1. The number of aromatic amines is 1. The van der Waals surface area contributed by atoms with Gasteiger partial charge in [0.05, 0.1) is 0 Å². The van der Waals surface area contributed by atoms with Crippen LogP contribution in [0.2, 0.25) is 0 Å². The zero-order valence-electron chi connectivity index (χ0n) is 15.7. The molecular weight excluding hydrogens is 340 g/mol. The van der Waals surface area contributed by atoms with Gasteiger partial charge in [0.2, 0.25) is 0 Å². The molecule has 1 N–H and O–H groups in total. The SMILES string of the molecule is CCC1=CCC(Cl)=CC(C2CCCc3c([nH]c4ccc(C)cc34)CC2)=N1. The summed E-state index contributed by atoms with van der Waals surface area (Å²) in [4.78, 5) is 8.64. The number of hydrogen-bond donors (Lipinski definition) is 1. The second-order valence-corrected chi connectivity index (χ2v) is 8.13. The van der Waals surface area contributed by atoms with Crippen molar-refractivity contribution in [3.05, 3.63) is 57.9 Å². The summed E-state index contributed by atoms with van der Waals surface area (Å²) in [6.45, 7) is 4.35. The highest BCUT2D eigenvalue weighted by Gasteiger charge is 2.22. The quantitative estimate of drug-likeness (QED) is 0.618. The molecule has 0 bridgehead atoms. The Labute approximate surface area is 161 Å². The highest BCUT2D eigenvalue weighted by Crippen LogP contribution is 2.32. The Morgan fingerprint density at radius 2 is 2.12 bits per heavy atom. The van der Waals surface area contributed by atoms with Crippen LogP contribution >= 0.6 is 11.6 Å². The standard InChI is InChI=1S/C23H27ClN2/c1-3-18-10-9-17(24)14-23(25-18)16-5-4-6-19-20-13-15(2)7-11-22(20)26-21(19)12-8-16/h7,10-11,13-14,16,26H,3-6,8-9,12H2,1-2H3. The number of nitrogens with one attached hydrogen (secondary N) is 1. The van der Waals surface area contributed by atoms with E-state index < -0.39 is 0 Å². The summed E-state index contributed by atoms with van der Waals surface area (Å²) in [5.41, 5.74) is 7.95. The summed E-state index contributed by atoms with van der Waals surface area (Å²) >= 11 is 6.41. The molecule has 4 rings (SSSR count). The highest BCUT2D eigenvalue weighted by molar-refractivity contribution is 6.31. The molecule has 1 aromatic carbocycles. The third-order valence-corrected chi connectivity index (χ3v) is 6.03. The van der Waals surface area contributed by atoms with Crippen molar-refractivity contribution in [2.45, 2.75) is 58.8 Å². The van der Waals surface area contributed by atoms with Crippen molar-refractivity contribution in [1.29, 1.82) is 0 Å². The average Bonchev–Trinajstić information content (AvgIpc) is 2.81. The first kappa shape index (κ1) is 17.6. The Hall–Kier alpha value is -1.80. The normalized spacial score (nSPS) is 21.2. The van der Waals surface area contributed by atoms with Gasteiger partial charge in [-0.15, -0.1) is 0 Å². The molecule has 0 saturated heterocycles. The van der Waals surface area contributed by atoms with Crippen LogP contribution < -0.4 is 0 Å². The Balaban J connectivity index is 1.62. The van der Waals surface area contributed by atoms with Crippen LogP contribution in [0.25, 0.3) is 10.9 Å². The van der Waals surface area contributed by atoms with E-state index >= 15 is 0 Å². The number of aryl methyl sites for hydroxylation is 3. The van der Waals surface area contributed by atoms with E-state index in [1.54, 1.807) is 0 Å². The predicted molar refractivity (Wildman–Crippen MR) is 112 cm³/mol. The molecule has 1 aliphatic heterocycles. The van der Waals surface area contributed by atoms with Gasteiger partial charge in [0.1, 0.15) is 0 Å². The van der Waals surface area contributed by atoms with Gasteiger partial charge in [-0.2, -0.15) is 0 Å². The molecule has 26 heavy (non-hydrogen) atoms. The van der Waals surface area contributed by atoms with Crippen LogP contribution in [-0.4, -0.2) is 10.7 Å². The number of hydrogen-bond acceptors (Lipinski definition) is 1. The maximum Gasteiger partial charge on any atom is 0.0459 e. The Morgan fingerprint density at radius 3 is 2.96 bits per heavy atom. The van der Waals surface area contributed by atoms with Gasteiger partial charge in [-0.05, 0) is 69.2 Å². The summed E-state index contributed by atoms with van der Waals surface area (Å²) in [6, 6.07) is 6.75. The van der Waals surface area contributed by atoms with Crippen LogP contribution in [0.15, 0.2) is 46.1 Å². The number of H-pyrrole nitrogens is 1. The summed E-state index contributed by atoms with van der Waals surface area (Å²) in [7, 11) is 0. The van der Waals surface area contributed by atoms with Crippen LogP contribution in [0.4, 0.5) is 0 Å². The van der Waals surface area contributed by atoms with Gasteiger partial charge in [0.25, 0.3) is 0 Å². The molecule has 1 aliphatic carbocycles. The first-order chi connectivity index (χ1) is 12.6. The van der Waals surface area contributed by atoms with E-state index in [0.29, 0.717) is 5.92 Å². The summed E-state index contributed by atoms with van der Waals surface area (Å²) < 4.78 is 0. The van der Waals surface area contributed by atoms with E-state index in [0.717, 1.165) is 37.1 Å². The van der Waals surface area contributed by atoms with Crippen LogP contribution in [0.5, 0.6) is 0 Å². The highest BCUT2D eigenvalue weighted by atomic mass is 35.5. The Kier molecular flexibility index (Phi) is 5.04. The fourth-order valence-electron chi connectivity index (χ4n) is 4.31. The molecule has 2 heterocycles. The van der Waals surface area contributed by atoms with Crippen molar-refractivity contribution < 1.29 is 0 Å². The molecule has 0 amide bonds. The van der Waals surface area contributed by atoms with E-state index in [2.05, 4.69) is 49.2 Å². The number of aromatic nitrogens is 1. The molecule has 2 aromatic rings. The molecule has 136 valence electrons. The number of aliphatic imine (C=N–C) groups is 1. The van der Waals surface area contributed by atoms with E-state index in [4.69, 9.17) is 16.6 Å². The largest absolute Gasteiger partial charge is 0.358 e. The van der Waals surface area contributed by atoms with Crippen LogP contribution in [0.1, 0.15) is 55.8 Å². The molecule has 1 unspecified atom stereocenters.